The van der Waals surface area contributed by atoms with Gasteiger partial charge in [-0.25, -0.2) is 0 Å². The summed E-state index contributed by atoms with van der Waals surface area (Å²) in [5, 5.41) is -0.219. The number of allylic oxidation sites excluding steroid dienone is 2. The van der Waals surface area contributed by atoms with Gasteiger partial charge in [0.1, 0.15) is 5.37 Å². The van der Waals surface area contributed by atoms with Crippen molar-refractivity contribution in [2.24, 2.45) is 0 Å². The average Bonchev–Trinajstić information content (AvgIpc) is 2.30. The van der Waals surface area contributed by atoms with Gasteiger partial charge >= 0.3 is 0 Å². The first-order chi connectivity index (χ1) is 5.57. The van der Waals surface area contributed by atoms with E-state index in [0.717, 1.165) is 12.0 Å². The highest BCUT2D eigenvalue weighted by Gasteiger charge is 2.28. The Bertz CT molecular complexity index is 260. The molecule has 0 radical (unpaired) electrons. The van der Waals surface area contributed by atoms with Crippen molar-refractivity contribution < 1.29 is 9.59 Å². The molecule has 0 aromatic rings. The summed E-state index contributed by atoms with van der Waals surface area (Å²) in [6, 6.07) is 0. The molecule has 1 unspecified atom stereocenters. The van der Waals surface area contributed by atoms with Crippen molar-refractivity contribution >= 4 is 23.8 Å². The van der Waals surface area contributed by atoms with E-state index in [1.165, 1.54) is 18.7 Å². The van der Waals surface area contributed by atoms with Crippen molar-refractivity contribution in [1.29, 1.82) is 0 Å². The molecule has 0 spiro atoms. The Balaban J connectivity index is 2.90. The van der Waals surface area contributed by atoms with E-state index in [-0.39, 0.29) is 11.2 Å². The number of Topliss-reactive ketones (excluding diaryl/α,β-unsaturated/α-hetero) is 1. The minimum absolute atomic E-state index is 0.0358. The van der Waals surface area contributed by atoms with Gasteiger partial charge in [-0.05, 0) is 13.8 Å². The summed E-state index contributed by atoms with van der Waals surface area (Å²) in [6.07, 6.45) is 0.851. The molecule has 1 atom stereocenters. The lowest BCUT2D eigenvalue weighted by atomic mass is 10.3. The maximum Gasteiger partial charge on any atom is 0.167 e. The number of ketones is 1. The lowest BCUT2D eigenvalue weighted by molar-refractivity contribution is -0.113. The third-order valence-electron chi connectivity index (χ3n) is 1.91. The molecule has 4 heteroatoms. The van der Waals surface area contributed by atoms with Crippen LogP contribution in [-0.4, -0.2) is 29.4 Å². The first kappa shape index (κ1) is 9.32. The first-order valence-electron chi connectivity index (χ1n) is 3.64. The summed E-state index contributed by atoms with van der Waals surface area (Å²) >= 11 is 1.32. The summed E-state index contributed by atoms with van der Waals surface area (Å²) < 4.78 is 0. The molecule has 0 aromatic carbocycles. The number of thioether (sulfide) groups is 1. The largest absolute Gasteiger partial charge is 0.359 e. The highest BCUT2D eigenvalue weighted by atomic mass is 32.2. The molecule has 0 saturated heterocycles. The van der Waals surface area contributed by atoms with E-state index in [9.17, 15) is 9.59 Å². The highest BCUT2D eigenvalue weighted by molar-refractivity contribution is 8.05. The molecule has 0 aliphatic carbocycles. The molecule has 12 heavy (non-hydrogen) atoms. The number of carbonyl (C=O) groups excluding carboxylic acids is 2. The maximum absolute atomic E-state index is 11.0. The molecule has 1 aliphatic heterocycles. The van der Waals surface area contributed by atoms with E-state index in [1.807, 2.05) is 18.9 Å². The van der Waals surface area contributed by atoms with Crippen molar-refractivity contribution in [3.05, 3.63) is 10.6 Å². The lowest BCUT2D eigenvalue weighted by Crippen LogP contribution is -2.23. The van der Waals surface area contributed by atoms with Crippen LogP contribution in [0, 0.1) is 0 Å². The number of likely N-dealkylation sites (N-methyl/N-ethyl adjacent to an activating group) is 1. The Morgan fingerprint density at radius 3 is 2.50 bits per heavy atom. The van der Waals surface area contributed by atoms with Crippen LogP contribution in [0.1, 0.15) is 13.8 Å². The second-order valence-corrected chi connectivity index (χ2v) is 3.85. The van der Waals surface area contributed by atoms with Crippen molar-refractivity contribution in [1.82, 2.24) is 4.90 Å². The minimum atomic E-state index is -0.219. The molecular weight excluding hydrogens is 174 g/mol. The summed E-state index contributed by atoms with van der Waals surface area (Å²) in [7, 11) is 1.82. The molecule has 0 amide bonds. The van der Waals surface area contributed by atoms with E-state index >= 15 is 0 Å². The fourth-order valence-corrected chi connectivity index (χ4v) is 2.19. The molecule has 1 aliphatic rings. The third-order valence-corrected chi connectivity index (χ3v) is 3.40. The quantitative estimate of drug-likeness (QED) is 0.602. The number of aldehydes is 1. The Labute approximate surface area is 75.8 Å². The van der Waals surface area contributed by atoms with Crippen LogP contribution in [0.5, 0.6) is 0 Å². The van der Waals surface area contributed by atoms with E-state index in [4.69, 9.17) is 0 Å². The van der Waals surface area contributed by atoms with Crippen molar-refractivity contribution in [2.45, 2.75) is 19.2 Å². The predicted octanol–water partition coefficient (Wildman–Crippen LogP) is 1.01. The molecular formula is C8H11NO2S. The van der Waals surface area contributed by atoms with Gasteiger partial charge in [-0.3, -0.25) is 4.79 Å². The zero-order valence-corrected chi connectivity index (χ0v) is 8.14. The molecule has 3 nitrogen and oxygen atoms in total. The zero-order valence-electron chi connectivity index (χ0n) is 7.33. The molecule has 0 bridgehead atoms. The fraction of sp³-hybridized carbons (Fsp3) is 0.500. The lowest BCUT2D eigenvalue weighted by Gasteiger charge is -2.16. The normalized spacial score (nSPS) is 23.2. The van der Waals surface area contributed by atoms with Gasteiger partial charge in [-0.1, -0.05) is 11.8 Å². The van der Waals surface area contributed by atoms with Crippen molar-refractivity contribution in [3.8, 4) is 0 Å². The Kier molecular flexibility index (Phi) is 2.57. The van der Waals surface area contributed by atoms with E-state index < -0.39 is 0 Å². The standard InChI is InChI=1S/C8H11NO2S/c1-5-8(6(2)11)12-7(4-10)9(5)3/h4,7H,1-3H3. The van der Waals surface area contributed by atoms with Crippen LogP contribution in [0.4, 0.5) is 0 Å². The number of carbonyl (C=O) groups is 2. The van der Waals surface area contributed by atoms with Crippen LogP contribution in [0.25, 0.3) is 0 Å². The Morgan fingerprint density at radius 2 is 2.25 bits per heavy atom. The van der Waals surface area contributed by atoms with Crippen molar-refractivity contribution in [2.75, 3.05) is 7.05 Å². The SMILES string of the molecule is CC(=O)C1=C(C)N(C)C(C=O)S1. The molecule has 0 aromatic heterocycles. The van der Waals surface area contributed by atoms with Crippen LogP contribution in [0.2, 0.25) is 0 Å². The van der Waals surface area contributed by atoms with Gasteiger partial charge in [-0.15, -0.1) is 0 Å². The van der Waals surface area contributed by atoms with Gasteiger partial charge < -0.3 is 9.69 Å². The number of nitrogens with zero attached hydrogens (tertiary/aromatic N) is 1. The molecule has 0 fully saturated rings. The summed E-state index contributed by atoms with van der Waals surface area (Å²) in [6.45, 7) is 3.38. The molecule has 0 N–H and O–H groups in total. The predicted molar refractivity (Wildman–Crippen MR) is 48.6 cm³/mol. The molecule has 0 saturated carbocycles. The van der Waals surface area contributed by atoms with Crippen LogP contribution in [0.3, 0.4) is 0 Å². The van der Waals surface area contributed by atoms with Gasteiger partial charge in [0.25, 0.3) is 0 Å². The van der Waals surface area contributed by atoms with Crippen LogP contribution >= 0.6 is 11.8 Å². The van der Waals surface area contributed by atoms with Gasteiger partial charge in [-0.2, -0.15) is 0 Å². The Hall–Kier alpha value is -0.770. The van der Waals surface area contributed by atoms with Gasteiger partial charge in [0.05, 0.1) is 4.91 Å². The summed E-state index contributed by atoms with van der Waals surface area (Å²) in [5.74, 6) is 0.0358. The fourth-order valence-electron chi connectivity index (χ4n) is 1.09. The van der Waals surface area contributed by atoms with E-state index in [1.54, 1.807) is 0 Å². The van der Waals surface area contributed by atoms with Gasteiger partial charge in [0.15, 0.2) is 12.1 Å². The second-order valence-electron chi connectivity index (χ2n) is 2.73. The average molecular weight is 185 g/mol. The topological polar surface area (TPSA) is 37.4 Å². The molecule has 1 rings (SSSR count). The third kappa shape index (κ3) is 1.39. The molecule has 66 valence electrons. The van der Waals surface area contributed by atoms with Crippen LogP contribution in [-0.2, 0) is 9.59 Å². The smallest absolute Gasteiger partial charge is 0.167 e. The van der Waals surface area contributed by atoms with Crippen LogP contribution < -0.4 is 0 Å². The number of hydrogen-bond donors (Lipinski definition) is 0. The van der Waals surface area contributed by atoms with Crippen molar-refractivity contribution in [3.63, 3.8) is 0 Å². The maximum atomic E-state index is 11.0. The highest BCUT2D eigenvalue weighted by Crippen LogP contribution is 2.35. The van der Waals surface area contributed by atoms with Gasteiger partial charge in [0.2, 0.25) is 0 Å². The number of rotatable bonds is 2. The molecule has 1 heterocycles. The van der Waals surface area contributed by atoms with Gasteiger partial charge in [0, 0.05) is 12.7 Å². The number of hydrogen-bond acceptors (Lipinski definition) is 4. The van der Waals surface area contributed by atoms with E-state index in [0.29, 0.717) is 4.91 Å². The Morgan fingerprint density at radius 1 is 1.67 bits per heavy atom. The van der Waals surface area contributed by atoms with Crippen LogP contribution in [0.15, 0.2) is 10.6 Å². The zero-order chi connectivity index (χ0) is 9.30. The summed E-state index contributed by atoms with van der Waals surface area (Å²) in [4.78, 5) is 24.1. The minimum Gasteiger partial charge on any atom is -0.359 e. The second kappa shape index (κ2) is 3.31. The summed E-state index contributed by atoms with van der Waals surface area (Å²) in [5.41, 5.74) is 0.893. The monoisotopic (exact) mass is 185 g/mol. The first-order valence-corrected chi connectivity index (χ1v) is 4.52. The van der Waals surface area contributed by atoms with E-state index in [2.05, 4.69) is 0 Å².